The second-order valence-corrected chi connectivity index (χ2v) is 15.5. The number of hydrogen-bond acceptors (Lipinski definition) is 9. The van der Waals surface area contributed by atoms with Crippen LogP contribution in [-0.4, -0.2) is 40.9 Å². The zero-order valence-electron chi connectivity index (χ0n) is 14.0. The predicted molar refractivity (Wildman–Crippen MR) is 114 cm³/mol. The molecular weight excluding hydrogens is 419 g/mol. The second-order valence-electron chi connectivity index (χ2n) is 4.89. The van der Waals surface area contributed by atoms with Gasteiger partial charge in [-0.05, 0) is 49.0 Å². The van der Waals surface area contributed by atoms with E-state index in [9.17, 15) is 0 Å². The summed E-state index contributed by atoms with van der Waals surface area (Å²) in [5.74, 6) is 1.03. The largest absolute Gasteiger partial charge is 0.503 e. The van der Waals surface area contributed by atoms with Gasteiger partial charge < -0.3 is 13.3 Å². The van der Waals surface area contributed by atoms with E-state index in [-0.39, 0.29) is 5.54 Å². The lowest BCUT2D eigenvalue weighted by molar-refractivity contribution is 0.112. The van der Waals surface area contributed by atoms with Crippen LogP contribution in [0.25, 0.3) is 10.2 Å². The highest BCUT2D eigenvalue weighted by atomic mass is 33.7. The maximum absolute atomic E-state index is 5.53. The summed E-state index contributed by atoms with van der Waals surface area (Å²) >= 11 is 1.74. The Kier molecular flexibility index (Phi) is 9.31. The molecule has 0 saturated heterocycles. The lowest BCUT2D eigenvalue weighted by atomic mass is 10.3. The molecule has 0 aliphatic heterocycles. The van der Waals surface area contributed by atoms with Crippen LogP contribution in [0.2, 0.25) is 5.54 Å². The van der Waals surface area contributed by atoms with Gasteiger partial charge >= 0.3 is 8.80 Å². The Morgan fingerprint density at radius 3 is 2.50 bits per heavy atom. The van der Waals surface area contributed by atoms with E-state index in [1.54, 1.807) is 63.1 Å². The summed E-state index contributed by atoms with van der Waals surface area (Å²) in [6.07, 6.45) is 1.01. The number of nitrogens with zero attached hydrogens (tertiary/aromatic N) is 1. The van der Waals surface area contributed by atoms with E-state index >= 15 is 0 Å². The van der Waals surface area contributed by atoms with E-state index in [0.717, 1.165) is 22.0 Å². The van der Waals surface area contributed by atoms with Crippen molar-refractivity contribution in [1.82, 2.24) is 4.98 Å². The second kappa shape index (κ2) is 10.7. The van der Waals surface area contributed by atoms with E-state index in [1.807, 2.05) is 16.9 Å². The Hall–Kier alpha value is 0.607. The highest BCUT2D eigenvalue weighted by Crippen LogP contribution is 2.48. The van der Waals surface area contributed by atoms with Crippen LogP contribution in [-0.2, 0) is 13.3 Å². The van der Waals surface area contributed by atoms with Crippen molar-refractivity contribution in [3.8, 4) is 0 Å². The normalized spacial score (nSPS) is 13.5. The van der Waals surface area contributed by atoms with Crippen LogP contribution in [0.5, 0.6) is 0 Å². The van der Waals surface area contributed by atoms with E-state index in [2.05, 4.69) is 30.1 Å². The van der Waals surface area contributed by atoms with Crippen molar-refractivity contribution in [1.29, 1.82) is 0 Å². The first-order chi connectivity index (χ1) is 11.6. The Balaban J connectivity index is 1.66. The zero-order chi connectivity index (χ0) is 17.4. The lowest BCUT2D eigenvalue weighted by Gasteiger charge is -2.29. The number of hydrogen-bond donors (Lipinski definition) is 0. The third kappa shape index (κ3) is 5.55. The standard InChI is InChI=1S/C14H21NO3S5Si/c1-11(24(16-2,17-3)18-4)9-10-19-22-23-21-14-15-12-7-5-6-8-13(12)20-14/h5-8,11H,9-10H2,1-4H3. The highest BCUT2D eigenvalue weighted by Gasteiger charge is 2.44. The molecule has 1 unspecified atom stereocenters. The summed E-state index contributed by atoms with van der Waals surface area (Å²) < 4.78 is 18.9. The van der Waals surface area contributed by atoms with Crippen molar-refractivity contribution in [2.75, 3.05) is 27.1 Å². The maximum atomic E-state index is 5.53. The quantitative estimate of drug-likeness (QED) is 0.240. The fourth-order valence-corrected chi connectivity index (χ4v) is 12.1. The van der Waals surface area contributed by atoms with Crippen molar-refractivity contribution < 1.29 is 13.3 Å². The third-order valence-electron chi connectivity index (χ3n) is 3.55. The molecule has 0 fully saturated rings. The molecule has 10 heteroatoms. The van der Waals surface area contributed by atoms with Gasteiger partial charge in [0, 0.05) is 32.6 Å². The van der Waals surface area contributed by atoms with Gasteiger partial charge in [0.25, 0.3) is 0 Å². The van der Waals surface area contributed by atoms with Gasteiger partial charge in [-0.15, -0.1) is 11.3 Å². The van der Waals surface area contributed by atoms with Crippen LogP contribution in [0.3, 0.4) is 0 Å². The number of para-hydroxylation sites is 1. The fourth-order valence-electron chi connectivity index (χ4n) is 2.24. The molecule has 1 aromatic carbocycles. The highest BCUT2D eigenvalue weighted by molar-refractivity contribution is 9.26. The smallest absolute Gasteiger partial charge is 0.377 e. The Morgan fingerprint density at radius 1 is 1.12 bits per heavy atom. The SMILES string of the molecule is CO[Si](OC)(OC)C(C)CCSSSSc1nc2ccccc2s1. The molecule has 0 amide bonds. The molecule has 2 rings (SSSR count). The van der Waals surface area contributed by atoms with E-state index in [0.29, 0.717) is 0 Å². The minimum absolute atomic E-state index is 0.285. The van der Waals surface area contributed by atoms with Gasteiger partial charge in [0.2, 0.25) is 0 Å². The summed E-state index contributed by atoms with van der Waals surface area (Å²) in [6, 6.07) is 8.25. The van der Waals surface area contributed by atoms with Crippen LogP contribution >= 0.6 is 52.6 Å². The molecule has 0 bridgehead atoms. The first-order valence-corrected chi connectivity index (χ1v) is 14.9. The molecule has 0 aliphatic rings. The van der Waals surface area contributed by atoms with Gasteiger partial charge in [-0.1, -0.05) is 29.9 Å². The van der Waals surface area contributed by atoms with E-state index in [4.69, 9.17) is 13.3 Å². The molecule has 1 atom stereocenters. The zero-order valence-corrected chi connectivity index (χ0v) is 19.1. The predicted octanol–water partition coefficient (Wildman–Crippen LogP) is 5.99. The summed E-state index contributed by atoms with van der Waals surface area (Å²) in [6.45, 7) is 2.14. The molecule has 0 N–H and O–H groups in total. The fraction of sp³-hybridized carbons (Fsp3) is 0.500. The van der Waals surface area contributed by atoms with Crippen LogP contribution in [0.15, 0.2) is 28.6 Å². The molecular formula is C14H21NO3S5Si. The van der Waals surface area contributed by atoms with E-state index < -0.39 is 8.80 Å². The first-order valence-electron chi connectivity index (χ1n) is 7.29. The van der Waals surface area contributed by atoms with E-state index in [1.165, 1.54) is 4.70 Å². The molecule has 4 nitrogen and oxygen atoms in total. The van der Waals surface area contributed by atoms with Crippen molar-refractivity contribution in [3.63, 3.8) is 0 Å². The Bertz CT molecular complexity index is 584. The van der Waals surface area contributed by atoms with Crippen LogP contribution < -0.4 is 0 Å². The van der Waals surface area contributed by atoms with Crippen molar-refractivity contribution in [2.24, 2.45) is 0 Å². The number of fused-ring (bicyclic) bond motifs is 1. The van der Waals surface area contributed by atoms with Crippen molar-refractivity contribution >= 4 is 71.6 Å². The Morgan fingerprint density at radius 2 is 1.83 bits per heavy atom. The molecule has 2 aromatic rings. The monoisotopic (exact) mass is 439 g/mol. The van der Waals surface area contributed by atoms with Crippen molar-refractivity contribution in [3.05, 3.63) is 24.3 Å². The number of benzene rings is 1. The maximum Gasteiger partial charge on any atom is 0.503 e. The number of thiazole rings is 1. The van der Waals surface area contributed by atoms with Crippen LogP contribution in [0.4, 0.5) is 0 Å². The average molecular weight is 440 g/mol. The lowest BCUT2D eigenvalue weighted by Crippen LogP contribution is -2.46. The van der Waals surface area contributed by atoms with Crippen LogP contribution in [0, 0.1) is 0 Å². The van der Waals surface area contributed by atoms with Crippen LogP contribution in [0.1, 0.15) is 13.3 Å². The van der Waals surface area contributed by atoms with Gasteiger partial charge in [0.1, 0.15) is 0 Å². The number of rotatable bonds is 11. The molecule has 0 spiro atoms. The summed E-state index contributed by atoms with van der Waals surface area (Å²) in [7, 11) is 9.62. The topological polar surface area (TPSA) is 40.6 Å². The minimum atomic E-state index is -2.50. The molecule has 1 heterocycles. The van der Waals surface area contributed by atoms with Gasteiger partial charge in [-0.2, -0.15) is 0 Å². The van der Waals surface area contributed by atoms with Crippen molar-refractivity contribution in [2.45, 2.75) is 23.2 Å². The minimum Gasteiger partial charge on any atom is -0.377 e. The van der Waals surface area contributed by atoms with Gasteiger partial charge in [0.05, 0.1) is 10.2 Å². The van der Waals surface area contributed by atoms with Gasteiger partial charge in [-0.3, -0.25) is 0 Å². The van der Waals surface area contributed by atoms with Gasteiger partial charge in [-0.25, -0.2) is 4.98 Å². The Labute approximate surface area is 163 Å². The molecule has 134 valence electrons. The molecule has 24 heavy (non-hydrogen) atoms. The first kappa shape index (κ1) is 20.9. The molecule has 0 saturated carbocycles. The molecule has 1 aromatic heterocycles. The third-order valence-corrected chi connectivity index (χ3v) is 14.4. The van der Waals surface area contributed by atoms with Gasteiger partial charge in [0.15, 0.2) is 4.34 Å². The molecule has 0 radical (unpaired) electrons. The summed E-state index contributed by atoms with van der Waals surface area (Å²) in [5.41, 5.74) is 1.37. The molecule has 0 aliphatic carbocycles. The summed E-state index contributed by atoms with van der Waals surface area (Å²) in [4.78, 5) is 4.62. The average Bonchev–Trinajstić information content (AvgIpc) is 3.02. The number of aromatic nitrogens is 1. The summed E-state index contributed by atoms with van der Waals surface area (Å²) in [5, 5.41) is 0.